The fourth-order valence-corrected chi connectivity index (χ4v) is 2.66. The monoisotopic (exact) mass is 378 g/mol. The number of hydrogen-bond donors (Lipinski definition) is 1. The Labute approximate surface area is 141 Å². The van der Waals surface area contributed by atoms with Crippen LogP contribution in [0, 0.1) is 0 Å². The van der Waals surface area contributed by atoms with Gasteiger partial charge in [-0.1, -0.05) is 15.9 Å². The Morgan fingerprint density at radius 3 is 2.70 bits per heavy atom. The fourth-order valence-electron chi connectivity index (χ4n) is 2.19. The predicted molar refractivity (Wildman–Crippen MR) is 88.3 cm³/mol. The zero-order chi connectivity index (χ0) is 16.2. The molecule has 0 spiro atoms. The largest absolute Gasteiger partial charge is 0.486 e. The summed E-state index contributed by atoms with van der Waals surface area (Å²) in [5.74, 6) is 1.70. The molecule has 23 heavy (non-hydrogen) atoms. The number of benzene rings is 1. The van der Waals surface area contributed by atoms with E-state index in [1.54, 1.807) is 25.4 Å². The van der Waals surface area contributed by atoms with Crippen LogP contribution in [0.25, 0.3) is 0 Å². The Balaban J connectivity index is 1.69. The standard InChI is InChI=1S/C16H15BrN2O4/c1-21-16-3-2-11(9-18-16)19-15(20)7-10-6-13-14(8-12(10)17)23-5-4-22-13/h2-3,6,8-9H,4-5,7H2,1H3,(H,19,20). The molecule has 120 valence electrons. The van der Waals surface area contributed by atoms with E-state index in [9.17, 15) is 4.79 Å². The van der Waals surface area contributed by atoms with Crippen LogP contribution in [0.4, 0.5) is 5.69 Å². The van der Waals surface area contributed by atoms with Crippen LogP contribution >= 0.6 is 15.9 Å². The van der Waals surface area contributed by atoms with Crippen molar-refractivity contribution in [3.8, 4) is 17.4 Å². The second-order valence-electron chi connectivity index (χ2n) is 4.90. The SMILES string of the molecule is COc1ccc(NC(=O)Cc2cc3c(cc2Br)OCCO3)cn1. The van der Waals surface area contributed by atoms with Gasteiger partial charge in [0.2, 0.25) is 11.8 Å². The molecule has 1 aliphatic heterocycles. The van der Waals surface area contributed by atoms with Gasteiger partial charge in [-0.15, -0.1) is 0 Å². The number of hydrogen-bond acceptors (Lipinski definition) is 5. The molecule has 2 heterocycles. The predicted octanol–water partition coefficient (Wildman–Crippen LogP) is 2.81. The maximum Gasteiger partial charge on any atom is 0.228 e. The van der Waals surface area contributed by atoms with Crippen molar-refractivity contribution in [2.75, 3.05) is 25.6 Å². The van der Waals surface area contributed by atoms with E-state index < -0.39 is 0 Å². The maximum atomic E-state index is 12.2. The summed E-state index contributed by atoms with van der Waals surface area (Å²) in [6.45, 7) is 1.04. The summed E-state index contributed by atoms with van der Waals surface area (Å²) >= 11 is 3.46. The number of nitrogens with zero attached hydrogens (tertiary/aromatic N) is 1. The van der Waals surface area contributed by atoms with E-state index in [0.29, 0.717) is 36.3 Å². The van der Waals surface area contributed by atoms with E-state index in [-0.39, 0.29) is 12.3 Å². The Bertz CT molecular complexity index is 719. The number of anilines is 1. The third kappa shape index (κ3) is 3.73. The summed E-state index contributed by atoms with van der Waals surface area (Å²) in [4.78, 5) is 16.2. The number of aromatic nitrogens is 1. The van der Waals surface area contributed by atoms with E-state index in [4.69, 9.17) is 14.2 Å². The van der Waals surface area contributed by atoms with Crippen LogP contribution in [0.5, 0.6) is 17.4 Å². The molecular weight excluding hydrogens is 364 g/mol. The molecule has 0 fully saturated rings. The summed E-state index contributed by atoms with van der Waals surface area (Å²) in [6.07, 6.45) is 1.76. The van der Waals surface area contributed by atoms with Crippen molar-refractivity contribution >= 4 is 27.5 Å². The van der Waals surface area contributed by atoms with Crippen molar-refractivity contribution in [3.63, 3.8) is 0 Å². The second kappa shape index (κ2) is 6.87. The lowest BCUT2D eigenvalue weighted by molar-refractivity contribution is -0.115. The molecule has 0 atom stereocenters. The highest BCUT2D eigenvalue weighted by Gasteiger charge is 2.16. The Morgan fingerprint density at radius 2 is 2.04 bits per heavy atom. The van der Waals surface area contributed by atoms with E-state index in [2.05, 4.69) is 26.2 Å². The minimum atomic E-state index is -0.144. The molecule has 2 aromatic rings. The molecule has 1 amide bonds. The smallest absolute Gasteiger partial charge is 0.228 e. The summed E-state index contributed by atoms with van der Waals surface area (Å²) in [6, 6.07) is 7.08. The molecule has 0 unspecified atom stereocenters. The lowest BCUT2D eigenvalue weighted by atomic mass is 10.1. The van der Waals surface area contributed by atoms with E-state index >= 15 is 0 Å². The quantitative estimate of drug-likeness (QED) is 0.885. The van der Waals surface area contributed by atoms with E-state index in [0.717, 1.165) is 10.0 Å². The van der Waals surface area contributed by atoms with Gasteiger partial charge in [0.05, 0.1) is 25.4 Å². The van der Waals surface area contributed by atoms with Crippen LogP contribution in [0.15, 0.2) is 34.9 Å². The second-order valence-corrected chi connectivity index (χ2v) is 5.76. The Morgan fingerprint density at radius 1 is 1.30 bits per heavy atom. The van der Waals surface area contributed by atoms with Crippen molar-refractivity contribution in [1.82, 2.24) is 4.98 Å². The van der Waals surface area contributed by atoms with Crippen molar-refractivity contribution < 1.29 is 19.0 Å². The summed E-state index contributed by atoms with van der Waals surface area (Å²) < 4.78 is 16.8. The van der Waals surface area contributed by atoms with E-state index in [1.807, 2.05) is 12.1 Å². The Kier molecular flexibility index (Phi) is 4.66. The first kappa shape index (κ1) is 15.6. The lowest BCUT2D eigenvalue weighted by Gasteiger charge is -2.19. The molecule has 1 aromatic carbocycles. The molecule has 1 aliphatic rings. The van der Waals surface area contributed by atoms with Crippen LogP contribution in [-0.2, 0) is 11.2 Å². The molecule has 0 saturated carbocycles. The molecule has 7 heteroatoms. The number of carbonyl (C=O) groups excluding carboxylic acids is 1. The Hall–Kier alpha value is -2.28. The molecule has 1 aromatic heterocycles. The van der Waals surface area contributed by atoms with Crippen molar-refractivity contribution in [1.29, 1.82) is 0 Å². The number of pyridine rings is 1. The van der Waals surface area contributed by atoms with Crippen molar-refractivity contribution in [3.05, 3.63) is 40.5 Å². The van der Waals surface area contributed by atoms with Crippen LogP contribution in [0.2, 0.25) is 0 Å². The molecular formula is C16H15BrN2O4. The van der Waals surface area contributed by atoms with Gasteiger partial charge >= 0.3 is 0 Å². The molecule has 0 saturated heterocycles. The minimum Gasteiger partial charge on any atom is -0.486 e. The van der Waals surface area contributed by atoms with E-state index in [1.165, 1.54) is 0 Å². The van der Waals surface area contributed by atoms with Crippen LogP contribution in [-0.4, -0.2) is 31.2 Å². The summed E-state index contributed by atoms with van der Waals surface area (Å²) in [7, 11) is 1.54. The van der Waals surface area contributed by atoms with Crippen molar-refractivity contribution in [2.24, 2.45) is 0 Å². The third-order valence-electron chi connectivity index (χ3n) is 3.29. The zero-order valence-electron chi connectivity index (χ0n) is 12.5. The normalized spacial score (nSPS) is 12.6. The van der Waals surface area contributed by atoms with Gasteiger partial charge in [-0.2, -0.15) is 0 Å². The first-order valence-corrected chi connectivity index (χ1v) is 7.83. The maximum absolute atomic E-state index is 12.2. The van der Waals surface area contributed by atoms with Gasteiger partial charge in [-0.05, 0) is 23.8 Å². The van der Waals surface area contributed by atoms with Gasteiger partial charge < -0.3 is 19.5 Å². The molecule has 0 aliphatic carbocycles. The highest BCUT2D eigenvalue weighted by molar-refractivity contribution is 9.10. The van der Waals surface area contributed by atoms with Crippen LogP contribution in [0.3, 0.4) is 0 Å². The number of carbonyl (C=O) groups is 1. The zero-order valence-corrected chi connectivity index (χ0v) is 14.1. The molecule has 0 bridgehead atoms. The number of rotatable bonds is 4. The average Bonchev–Trinajstić information content (AvgIpc) is 2.56. The molecule has 1 N–H and O–H groups in total. The van der Waals surface area contributed by atoms with Crippen LogP contribution in [0.1, 0.15) is 5.56 Å². The van der Waals surface area contributed by atoms with Gasteiger partial charge in [0.15, 0.2) is 11.5 Å². The number of ether oxygens (including phenoxy) is 3. The first-order chi connectivity index (χ1) is 11.2. The highest BCUT2D eigenvalue weighted by atomic mass is 79.9. The van der Waals surface area contributed by atoms with Crippen molar-refractivity contribution in [2.45, 2.75) is 6.42 Å². The van der Waals surface area contributed by atoms with Gasteiger partial charge in [0, 0.05) is 10.5 Å². The first-order valence-electron chi connectivity index (χ1n) is 7.03. The van der Waals surface area contributed by atoms with Crippen LogP contribution < -0.4 is 19.5 Å². The fraction of sp³-hybridized carbons (Fsp3) is 0.250. The minimum absolute atomic E-state index is 0.144. The molecule has 3 rings (SSSR count). The number of amides is 1. The number of halogens is 1. The molecule has 6 nitrogen and oxygen atoms in total. The third-order valence-corrected chi connectivity index (χ3v) is 4.03. The summed E-state index contributed by atoms with van der Waals surface area (Å²) in [5.41, 5.74) is 1.44. The average molecular weight is 379 g/mol. The van der Waals surface area contributed by atoms with Gasteiger partial charge in [-0.3, -0.25) is 4.79 Å². The lowest BCUT2D eigenvalue weighted by Crippen LogP contribution is -2.17. The number of methoxy groups -OCH3 is 1. The topological polar surface area (TPSA) is 69.7 Å². The molecule has 0 radical (unpaired) electrons. The van der Waals surface area contributed by atoms with Gasteiger partial charge in [-0.25, -0.2) is 4.98 Å². The highest BCUT2D eigenvalue weighted by Crippen LogP contribution is 2.35. The number of nitrogens with one attached hydrogen (secondary N) is 1. The van der Waals surface area contributed by atoms with Gasteiger partial charge in [0.1, 0.15) is 13.2 Å². The van der Waals surface area contributed by atoms with Gasteiger partial charge in [0.25, 0.3) is 0 Å². The number of fused-ring (bicyclic) bond motifs is 1. The summed E-state index contributed by atoms with van der Waals surface area (Å²) in [5, 5.41) is 2.80.